The minimum atomic E-state index is -0.0447. The molecule has 3 nitrogen and oxygen atoms in total. The zero-order valence-electron chi connectivity index (χ0n) is 10.3. The molecule has 0 saturated heterocycles. The molecule has 0 aliphatic carbocycles. The lowest BCUT2D eigenvalue weighted by Crippen LogP contribution is -2.22. The van der Waals surface area contributed by atoms with Crippen molar-refractivity contribution in [2.24, 2.45) is 0 Å². The lowest BCUT2D eigenvalue weighted by Gasteiger charge is -2.05. The Morgan fingerprint density at radius 2 is 1.89 bits per heavy atom. The predicted molar refractivity (Wildman–Crippen MR) is 73.0 cm³/mol. The molecule has 0 radical (unpaired) electrons. The summed E-state index contributed by atoms with van der Waals surface area (Å²) in [5.74, 6) is 0. The summed E-state index contributed by atoms with van der Waals surface area (Å²) in [6.45, 7) is 2.53. The molecule has 0 amide bonds. The number of hydrogen-bond acceptors (Lipinski definition) is 2. The Labute approximate surface area is 111 Å². The third kappa shape index (κ3) is 3.44. The molecule has 0 fully saturated rings. The van der Waals surface area contributed by atoms with Crippen LogP contribution in [0.2, 0.25) is 5.02 Å². The van der Waals surface area contributed by atoms with Crippen molar-refractivity contribution in [3.63, 3.8) is 0 Å². The highest BCUT2D eigenvalue weighted by molar-refractivity contribution is 6.30. The van der Waals surface area contributed by atoms with Crippen molar-refractivity contribution < 1.29 is 0 Å². The molecule has 1 heterocycles. The van der Waals surface area contributed by atoms with Crippen molar-refractivity contribution in [3.05, 3.63) is 63.0 Å². The summed E-state index contributed by atoms with van der Waals surface area (Å²) in [5.41, 5.74) is 2.04. The SMILES string of the molecule is Cc1ccc(=O)n(CCCc2ccc(Cl)cc2)n1. The maximum atomic E-state index is 11.5. The highest BCUT2D eigenvalue weighted by Crippen LogP contribution is 2.11. The monoisotopic (exact) mass is 262 g/mol. The van der Waals surface area contributed by atoms with Crippen LogP contribution in [-0.4, -0.2) is 9.78 Å². The molecule has 1 aromatic carbocycles. The van der Waals surface area contributed by atoms with Crippen LogP contribution < -0.4 is 5.56 Å². The lowest BCUT2D eigenvalue weighted by molar-refractivity contribution is 0.542. The quantitative estimate of drug-likeness (QED) is 0.849. The minimum absolute atomic E-state index is 0.0447. The van der Waals surface area contributed by atoms with E-state index in [-0.39, 0.29) is 5.56 Å². The first-order valence-electron chi connectivity index (χ1n) is 5.94. The molecule has 0 spiro atoms. The van der Waals surface area contributed by atoms with Gasteiger partial charge in [0.15, 0.2) is 0 Å². The number of benzene rings is 1. The van der Waals surface area contributed by atoms with Crippen LogP contribution >= 0.6 is 11.6 Å². The number of aromatic nitrogens is 2. The van der Waals surface area contributed by atoms with E-state index in [2.05, 4.69) is 5.10 Å². The van der Waals surface area contributed by atoms with E-state index in [4.69, 9.17) is 11.6 Å². The van der Waals surface area contributed by atoms with Crippen molar-refractivity contribution in [2.45, 2.75) is 26.3 Å². The second kappa shape index (κ2) is 5.83. The van der Waals surface area contributed by atoms with Gasteiger partial charge in [-0.2, -0.15) is 5.10 Å². The Morgan fingerprint density at radius 1 is 1.17 bits per heavy atom. The number of rotatable bonds is 4. The van der Waals surface area contributed by atoms with Crippen molar-refractivity contribution in [3.8, 4) is 0 Å². The highest BCUT2D eigenvalue weighted by atomic mass is 35.5. The molecule has 2 aromatic rings. The number of nitrogens with zero attached hydrogens (tertiary/aromatic N) is 2. The van der Waals surface area contributed by atoms with Crippen molar-refractivity contribution in [1.29, 1.82) is 0 Å². The molecule has 0 atom stereocenters. The second-order valence-corrected chi connectivity index (χ2v) is 4.70. The van der Waals surface area contributed by atoms with Gasteiger partial charge in [0, 0.05) is 17.6 Å². The van der Waals surface area contributed by atoms with E-state index in [0.717, 1.165) is 23.6 Å². The standard InChI is InChI=1S/C14H15ClN2O/c1-11-4-9-14(18)17(16-11)10-2-3-12-5-7-13(15)8-6-12/h4-9H,2-3,10H2,1H3. The molecule has 0 unspecified atom stereocenters. The second-order valence-electron chi connectivity index (χ2n) is 4.27. The van der Waals surface area contributed by atoms with Gasteiger partial charge in [-0.1, -0.05) is 23.7 Å². The Bertz CT molecular complexity index is 575. The maximum absolute atomic E-state index is 11.5. The fraction of sp³-hybridized carbons (Fsp3) is 0.286. The van der Waals surface area contributed by atoms with Crippen LogP contribution in [0.3, 0.4) is 0 Å². The summed E-state index contributed by atoms with van der Waals surface area (Å²) in [6, 6.07) is 11.1. The molecule has 4 heteroatoms. The van der Waals surface area contributed by atoms with Crippen LogP contribution in [0, 0.1) is 6.92 Å². The molecule has 18 heavy (non-hydrogen) atoms. The van der Waals surface area contributed by atoms with E-state index in [1.165, 1.54) is 10.2 Å². The van der Waals surface area contributed by atoms with Crippen LogP contribution in [0.5, 0.6) is 0 Å². The average Bonchev–Trinajstić information content (AvgIpc) is 2.36. The topological polar surface area (TPSA) is 34.9 Å². The molecule has 2 rings (SSSR count). The van der Waals surface area contributed by atoms with E-state index >= 15 is 0 Å². The lowest BCUT2D eigenvalue weighted by atomic mass is 10.1. The van der Waals surface area contributed by atoms with Crippen LogP contribution in [0.4, 0.5) is 0 Å². The first kappa shape index (κ1) is 12.8. The third-order valence-corrected chi connectivity index (χ3v) is 3.00. The molecule has 1 aromatic heterocycles. The molecular weight excluding hydrogens is 248 g/mol. The fourth-order valence-electron chi connectivity index (χ4n) is 1.80. The summed E-state index contributed by atoms with van der Waals surface area (Å²) in [5, 5.41) is 4.95. The minimum Gasteiger partial charge on any atom is -0.268 e. The van der Waals surface area contributed by atoms with Gasteiger partial charge in [0.1, 0.15) is 0 Å². The highest BCUT2D eigenvalue weighted by Gasteiger charge is 1.99. The van der Waals surface area contributed by atoms with E-state index in [1.807, 2.05) is 31.2 Å². The zero-order valence-corrected chi connectivity index (χ0v) is 11.0. The Morgan fingerprint density at radius 3 is 2.61 bits per heavy atom. The maximum Gasteiger partial charge on any atom is 0.266 e. The summed E-state index contributed by atoms with van der Waals surface area (Å²) in [7, 11) is 0. The van der Waals surface area contributed by atoms with Crippen LogP contribution in [0.25, 0.3) is 0 Å². The Kier molecular flexibility index (Phi) is 4.15. The molecule has 0 bridgehead atoms. The number of hydrogen-bond donors (Lipinski definition) is 0. The normalized spacial score (nSPS) is 10.6. The first-order valence-corrected chi connectivity index (χ1v) is 6.32. The largest absolute Gasteiger partial charge is 0.268 e. The van der Waals surface area contributed by atoms with E-state index in [0.29, 0.717) is 6.54 Å². The van der Waals surface area contributed by atoms with Gasteiger partial charge in [-0.15, -0.1) is 0 Å². The van der Waals surface area contributed by atoms with Gasteiger partial charge in [-0.25, -0.2) is 4.68 Å². The number of aryl methyl sites for hydroxylation is 3. The van der Waals surface area contributed by atoms with Gasteiger partial charge < -0.3 is 0 Å². The summed E-state index contributed by atoms with van der Waals surface area (Å²) in [6.07, 6.45) is 1.80. The van der Waals surface area contributed by atoms with Gasteiger partial charge in [-0.3, -0.25) is 4.79 Å². The van der Waals surface area contributed by atoms with Crippen molar-refractivity contribution in [1.82, 2.24) is 9.78 Å². The van der Waals surface area contributed by atoms with Gasteiger partial charge in [0.05, 0.1) is 5.69 Å². The van der Waals surface area contributed by atoms with Crippen molar-refractivity contribution >= 4 is 11.6 Å². The smallest absolute Gasteiger partial charge is 0.266 e. The third-order valence-electron chi connectivity index (χ3n) is 2.75. The molecular formula is C14H15ClN2O. The van der Waals surface area contributed by atoms with Crippen LogP contribution in [-0.2, 0) is 13.0 Å². The van der Waals surface area contributed by atoms with Gasteiger partial charge in [0.2, 0.25) is 0 Å². The van der Waals surface area contributed by atoms with Crippen LogP contribution in [0.15, 0.2) is 41.2 Å². The predicted octanol–water partition coefficient (Wildman–Crippen LogP) is 2.84. The van der Waals surface area contributed by atoms with Gasteiger partial charge in [0.25, 0.3) is 5.56 Å². The molecule has 0 N–H and O–H groups in total. The average molecular weight is 263 g/mol. The van der Waals surface area contributed by atoms with E-state index < -0.39 is 0 Å². The fourth-order valence-corrected chi connectivity index (χ4v) is 1.92. The summed E-state index contributed by atoms with van der Waals surface area (Å²) in [4.78, 5) is 11.5. The molecule has 0 aliphatic rings. The van der Waals surface area contributed by atoms with Gasteiger partial charge in [-0.05, 0) is 43.5 Å². The van der Waals surface area contributed by atoms with Crippen molar-refractivity contribution in [2.75, 3.05) is 0 Å². The van der Waals surface area contributed by atoms with E-state index in [1.54, 1.807) is 12.1 Å². The van der Waals surface area contributed by atoms with Crippen LogP contribution in [0.1, 0.15) is 17.7 Å². The van der Waals surface area contributed by atoms with E-state index in [9.17, 15) is 4.79 Å². The molecule has 94 valence electrons. The molecule has 0 aliphatic heterocycles. The summed E-state index contributed by atoms with van der Waals surface area (Å²) < 4.78 is 1.52. The summed E-state index contributed by atoms with van der Waals surface area (Å²) >= 11 is 5.82. The Balaban J connectivity index is 1.94. The van der Waals surface area contributed by atoms with Gasteiger partial charge >= 0.3 is 0 Å². The Hall–Kier alpha value is -1.61. The molecule has 0 saturated carbocycles. The zero-order chi connectivity index (χ0) is 13.0. The number of halogens is 1. The first-order chi connectivity index (χ1) is 8.65.